The third-order valence-corrected chi connectivity index (χ3v) is 2.57. The average molecular weight is 214 g/mol. The fourth-order valence-corrected chi connectivity index (χ4v) is 1.90. The smallest absolute Gasteiger partial charge is 0.123 e. The van der Waals surface area contributed by atoms with Crippen LogP contribution in [0.3, 0.4) is 0 Å². The van der Waals surface area contributed by atoms with Gasteiger partial charge in [0.05, 0.1) is 11.1 Å². The minimum atomic E-state index is -0.300. The number of nitriles is 1. The molecule has 3 heteroatoms. The van der Waals surface area contributed by atoms with Gasteiger partial charge in [-0.2, -0.15) is 5.26 Å². The zero-order valence-electron chi connectivity index (χ0n) is 9.16. The second-order valence-corrected chi connectivity index (χ2v) is 4.01. The highest BCUT2D eigenvalue weighted by atomic mass is 19.1. The van der Waals surface area contributed by atoms with Crippen LogP contribution in [0.25, 0.3) is 10.9 Å². The quantitative estimate of drug-likeness (QED) is 0.729. The van der Waals surface area contributed by atoms with Crippen molar-refractivity contribution in [2.24, 2.45) is 0 Å². The predicted octanol–water partition coefficient (Wildman–Crippen LogP) is 3.37. The summed E-state index contributed by atoms with van der Waals surface area (Å²) in [6.07, 6.45) is 1.55. The first-order valence-corrected chi connectivity index (χ1v) is 5.11. The number of fused-ring (bicyclic) bond motifs is 1. The van der Waals surface area contributed by atoms with Crippen LogP contribution in [-0.2, 0) is 0 Å². The highest BCUT2D eigenvalue weighted by Gasteiger charge is 2.12. The maximum atomic E-state index is 13.2. The molecule has 0 saturated carbocycles. The summed E-state index contributed by atoms with van der Waals surface area (Å²) in [5.74, 6) is -0.131. The van der Waals surface area contributed by atoms with Crippen LogP contribution in [0.1, 0.15) is 30.9 Å². The molecule has 0 aliphatic carbocycles. The van der Waals surface area contributed by atoms with Gasteiger partial charge in [0.15, 0.2) is 0 Å². The van der Waals surface area contributed by atoms with Crippen molar-refractivity contribution in [3.8, 4) is 6.07 Å². The Hall–Kier alpha value is -1.95. The zero-order valence-corrected chi connectivity index (χ0v) is 9.16. The van der Waals surface area contributed by atoms with Gasteiger partial charge in [-0.15, -0.1) is 0 Å². The Morgan fingerprint density at radius 1 is 1.38 bits per heavy atom. The molecule has 2 rings (SSSR count). The molecule has 0 fully saturated rings. The number of hydrogen-bond donors (Lipinski definition) is 0. The molecule has 0 N–H and O–H groups in total. The number of halogens is 1. The number of nitrogens with zero attached hydrogens (tertiary/aromatic N) is 2. The van der Waals surface area contributed by atoms with E-state index in [0.717, 1.165) is 16.5 Å². The molecule has 0 amide bonds. The average Bonchev–Trinajstić information content (AvgIpc) is 2.26. The summed E-state index contributed by atoms with van der Waals surface area (Å²) in [5.41, 5.74) is 2.12. The number of rotatable bonds is 1. The molecule has 16 heavy (non-hydrogen) atoms. The number of benzene rings is 1. The van der Waals surface area contributed by atoms with Crippen LogP contribution in [0.15, 0.2) is 24.4 Å². The van der Waals surface area contributed by atoms with E-state index in [4.69, 9.17) is 5.26 Å². The van der Waals surface area contributed by atoms with E-state index in [9.17, 15) is 4.39 Å². The number of pyridine rings is 1. The molecule has 0 unspecified atom stereocenters. The van der Waals surface area contributed by atoms with E-state index in [-0.39, 0.29) is 11.7 Å². The fourth-order valence-electron chi connectivity index (χ4n) is 1.90. The minimum Gasteiger partial charge on any atom is -0.255 e. The summed E-state index contributed by atoms with van der Waals surface area (Å²) in [7, 11) is 0. The Bertz CT molecular complexity index is 582. The van der Waals surface area contributed by atoms with Crippen molar-refractivity contribution in [1.29, 1.82) is 5.26 Å². The SMILES string of the molecule is CC(C)c1c(C#N)cnc2ccc(F)cc12. The number of hydrogen-bond acceptors (Lipinski definition) is 2. The molecule has 1 aromatic carbocycles. The summed E-state index contributed by atoms with van der Waals surface area (Å²) in [5, 5.41) is 9.74. The van der Waals surface area contributed by atoms with Crippen LogP contribution in [0.4, 0.5) is 4.39 Å². The van der Waals surface area contributed by atoms with Gasteiger partial charge in [-0.25, -0.2) is 4.39 Å². The molecule has 0 saturated heterocycles. The van der Waals surface area contributed by atoms with Crippen LogP contribution in [-0.4, -0.2) is 4.98 Å². The topological polar surface area (TPSA) is 36.7 Å². The lowest BCUT2D eigenvalue weighted by Crippen LogP contribution is -1.97. The lowest BCUT2D eigenvalue weighted by Gasteiger charge is -2.11. The Balaban J connectivity index is 2.88. The Morgan fingerprint density at radius 2 is 2.12 bits per heavy atom. The molecule has 0 bridgehead atoms. The van der Waals surface area contributed by atoms with Crippen molar-refractivity contribution in [1.82, 2.24) is 4.98 Å². The van der Waals surface area contributed by atoms with Crippen LogP contribution >= 0.6 is 0 Å². The second kappa shape index (κ2) is 3.90. The van der Waals surface area contributed by atoms with Gasteiger partial charge in [-0.05, 0) is 29.7 Å². The summed E-state index contributed by atoms with van der Waals surface area (Å²) in [6, 6.07) is 6.56. The first-order valence-electron chi connectivity index (χ1n) is 5.11. The van der Waals surface area contributed by atoms with Gasteiger partial charge >= 0.3 is 0 Å². The van der Waals surface area contributed by atoms with Gasteiger partial charge < -0.3 is 0 Å². The monoisotopic (exact) mass is 214 g/mol. The van der Waals surface area contributed by atoms with E-state index in [0.29, 0.717) is 5.56 Å². The van der Waals surface area contributed by atoms with Crippen molar-refractivity contribution in [3.63, 3.8) is 0 Å². The van der Waals surface area contributed by atoms with E-state index in [2.05, 4.69) is 11.1 Å². The highest BCUT2D eigenvalue weighted by molar-refractivity contribution is 5.84. The molecule has 0 aliphatic rings. The first-order chi connectivity index (χ1) is 7.63. The van der Waals surface area contributed by atoms with Gasteiger partial charge in [0.2, 0.25) is 0 Å². The number of aromatic nitrogens is 1. The van der Waals surface area contributed by atoms with Crippen molar-refractivity contribution < 1.29 is 4.39 Å². The van der Waals surface area contributed by atoms with Crippen molar-refractivity contribution in [2.75, 3.05) is 0 Å². The summed E-state index contributed by atoms with van der Waals surface area (Å²) >= 11 is 0. The molecule has 0 radical (unpaired) electrons. The van der Waals surface area contributed by atoms with Crippen molar-refractivity contribution in [2.45, 2.75) is 19.8 Å². The highest BCUT2D eigenvalue weighted by Crippen LogP contribution is 2.27. The van der Waals surface area contributed by atoms with Gasteiger partial charge in [0.25, 0.3) is 0 Å². The van der Waals surface area contributed by atoms with E-state index in [1.54, 1.807) is 12.3 Å². The normalized spacial score (nSPS) is 10.7. The lowest BCUT2D eigenvalue weighted by molar-refractivity contribution is 0.629. The maximum absolute atomic E-state index is 13.2. The van der Waals surface area contributed by atoms with Crippen LogP contribution in [0, 0.1) is 17.1 Å². The molecule has 0 atom stereocenters. The summed E-state index contributed by atoms with van der Waals surface area (Å²) in [6.45, 7) is 3.97. The molecule has 0 aliphatic heterocycles. The predicted molar refractivity (Wildman–Crippen MR) is 60.5 cm³/mol. The molecule has 1 heterocycles. The van der Waals surface area contributed by atoms with Crippen molar-refractivity contribution >= 4 is 10.9 Å². The Labute approximate surface area is 93.4 Å². The lowest BCUT2D eigenvalue weighted by atomic mass is 9.94. The largest absolute Gasteiger partial charge is 0.255 e. The molecule has 2 nitrogen and oxygen atoms in total. The van der Waals surface area contributed by atoms with Crippen LogP contribution in [0.2, 0.25) is 0 Å². The molecule has 0 spiro atoms. The third-order valence-electron chi connectivity index (χ3n) is 2.57. The second-order valence-electron chi connectivity index (χ2n) is 4.01. The Morgan fingerprint density at radius 3 is 2.75 bits per heavy atom. The van der Waals surface area contributed by atoms with E-state index >= 15 is 0 Å². The molecule has 2 aromatic rings. The summed E-state index contributed by atoms with van der Waals surface area (Å²) in [4.78, 5) is 4.15. The molecular weight excluding hydrogens is 203 g/mol. The van der Waals surface area contributed by atoms with Gasteiger partial charge in [0.1, 0.15) is 11.9 Å². The third kappa shape index (κ3) is 1.63. The van der Waals surface area contributed by atoms with Crippen LogP contribution < -0.4 is 0 Å². The molecule has 80 valence electrons. The van der Waals surface area contributed by atoms with E-state index in [1.165, 1.54) is 12.1 Å². The first kappa shape index (κ1) is 10.6. The van der Waals surface area contributed by atoms with Gasteiger partial charge in [-0.1, -0.05) is 13.8 Å². The molecule has 1 aromatic heterocycles. The minimum absolute atomic E-state index is 0.168. The van der Waals surface area contributed by atoms with Gasteiger partial charge in [0, 0.05) is 11.6 Å². The van der Waals surface area contributed by atoms with Crippen molar-refractivity contribution in [3.05, 3.63) is 41.3 Å². The summed E-state index contributed by atoms with van der Waals surface area (Å²) < 4.78 is 13.2. The maximum Gasteiger partial charge on any atom is 0.123 e. The Kier molecular flexibility index (Phi) is 2.57. The van der Waals surface area contributed by atoms with Crippen LogP contribution in [0.5, 0.6) is 0 Å². The van der Waals surface area contributed by atoms with E-state index in [1.807, 2.05) is 13.8 Å². The fraction of sp³-hybridized carbons (Fsp3) is 0.231. The van der Waals surface area contributed by atoms with E-state index < -0.39 is 0 Å². The van der Waals surface area contributed by atoms with Gasteiger partial charge in [-0.3, -0.25) is 4.98 Å². The zero-order chi connectivity index (χ0) is 11.7. The standard InChI is InChI=1S/C13H11FN2/c1-8(2)13-9(6-15)7-16-12-4-3-10(14)5-11(12)13/h3-5,7-8H,1-2H3. The molecular formula is C13H11FN2.